The van der Waals surface area contributed by atoms with Gasteiger partial charge in [0.05, 0.1) is 6.61 Å². The third-order valence-electron chi connectivity index (χ3n) is 1.65. The van der Waals surface area contributed by atoms with Gasteiger partial charge in [0.15, 0.2) is 0 Å². The maximum absolute atomic E-state index is 5.49. The van der Waals surface area contributed by atoms with Crippen molar-refractivity contribution >= 4 is 14.5 Å². The second kappa shape index (κ2) is 5.16. The standard InChI is InChI=1S/C10H15OP/c1-2-3-8-11-9-4-6-10(12)7-5-9/h4-7H,2-3,8,12H2,1H3. The van der Waals surface area contributed by atoms with E-state index in [1.165, 1.54) is 11.7 Å². The molecule has 0 amide bonds. The van der Waals surface area contributed by atoms with E-state index in [0.29, 0.717) is 0 Å². The van der Waals surface area contributed by atoms with Crippen LogP contribution in [0.5, 0.6) is 5.75 Å². The normalized spacial score (nSPS) is 9.83. The van der Waals surface area contributed by atoms with Crippen LogP contribution in [0.3, 0.4) is 0 Å². The molecule has 1 rings (SSSR count). The summed E-state index contributed by atoms with van der Waals surface area (Å²) in [6, 6.07) is 8.06. The SMILES string of the molecule is CCCCOc1ccc(P)cc1. The Balaban J connectivity index is 2.37. The van der Waals surface area contributed by atoms with Gasteiger partial charge in [-0.1, -0.05) is 25.5 Å². The minimum absolute atomic E-state index is 0.826. The summed E-state index contributed by atoms with van der Waals surface area (Å²) in [5.41, 5.74) is 0. The molecule has 0 bridgehead atoms. The molecular formula is C10H15OP. The van der Waals surface area contributed by atoms with Crippen LogP contribution in [0.25, 0.3) is 0 Å². The lowest BCUT2D eigenvalue weighted by Crippen LogP contribution is -1.97. The Morgan fingerprint density at radius 2 is 1.92 bits per heavy atom. The minimum atomic E-state index is 0.826. The van der Waals surface area contributed by atoms with E-state index < -0.39 is 0 Å². The van der Waals surface area contributed by atoms with Crippen molar-refractivity contribution in [1.29, 1.82) is 0 Å². The van der Waals surface area contributed by atoms with Crippen molar-refractivity contribution in [2.24, 2.45) is 0 Å². The van der Waals surface area contributed by atoms with E-state index >= 15 is 0 Å². The highest BCUT2D eigenvalue weighted by Crippen LogP contribution is 2.08. The first-order chi connectivity index (χ1) is 5.83. The second-order valence-corrected chi connectivity index (χ2v) is 3.44. The number of rotatable bonds is 4. The predicted molar refractivity (Wildman–Crippen MR) is 56.2 cm³/mol. The molecule has 1 aromatic carbocycles. The Labute approximate surface area is 76.3 Å². The molecule has 0 fully saturated rings. The van der Waals surface area contributed by atoms with Gasteiger partial charge in [0, 0.05) is 0 Å². The van der Waals surface area contributed by atoms with Gasteiger partial charge < -0.3 is 4.74 Å². The molecule has 1 aromatic rings. The molecule has 0 radical (unpaired) electrons. The number of hydrogen-bond donors (Lipinski definition) is 0. The molecule has 0 saturated carbocycles. The van der Waals surface area contributed by atoms with Crippen LogP contribution in [0.4, 0.5) is 0 Å². The summed E-state index contributed by atoms with van der Waals surface area (Å²) in [6.45, 7) is 2.99. The number of ether oxygens (including phenoxy) is 1. The summed E-state index contributed by atoms with van der Waals surface area (Å²) in [7, 11) is 2.65. The topological polar surface area (TPSA) is 9.23 Å². The highest BCUT2D eigenvalue weighted by Gasteiger charge is 1.91. The van der Waals surface area contributed by atoms with Crippen molar-refractivity contribution in [3.8, 4) is 5.75 Å². The smallest absolute Gasteiger partial charge is 0.119 e. The number of hydrogen-bond acceptors (Lipinski definition) is 1. The van der Waals surface area contributed by atoms with E-state index in [0.717, 1.165) is 18.8 Å². The summed E-state index contributed by atoms with van der Waals surface area (Å²) >= 11 is 0. The minimum Gasteiger partial charge on any atom is -0.494 e. The lowest BCUT2D eigenvalue weighted by atomic mass is 10.3. The molecule has 0 aliphatic carbocycles. The van der Waals surface area contributed by atoms with Crippen molar-refractivity contribution < 1.29 is 4.74 Å². The molecule has 0 aliphatic rings. The van der Waals surface area contributed by atoms with Gasteiger partial charge in [0.25, 0.3) is 0 Å². The molecule has 0 N–H and O–H groups in total. The Morgan fingerprint density at radius 1 is 1.25 bits per heavy atom. The molecule has 1 unspecified atom stereocenters. The van der Waals surface area contributed by atoms with Gasteiger partial charge in [-0.25, -0.2) is 0 Å². The Bertz CT molecular complexity index is 218. The van der Waals surface area contributed by atoms with Crippen LogP contribution < -0.4 is 10.0 Å². The molecule has 0 aromatic heterocycles. The lowest BCUT2D eigenvalue weighted by molar-refractivity contribution is 0.309. The molecule has 0 aliphatic heterocycles. The fourth-order valence-electron chi connectivity index (χ4n) is 0.898. The van der Waals surface area contributed by atoms with Gasteiger partial charge in [-0.05, 0) is 23.9 Å². The summed E-state index contributed by atoms with van der Waals surface area (Å²) in [5.74, 6) is 0.967. The number of unbranched alkanes of at least 4 members (excludes halogenated alkanes) is 1. The summed E-state index contributed by atoms with van der Waals surface area (Å²) in [4.78, 5) is 0. The van der Waals surface area contributed by atoms with Crippen LogP contribution in [-0.2, 0) is 0 Å². The fourth-order valence-corrected chi connectivity index (χ4v) is 1.09. The average Bonchev–Trinajstić information content (AvgIpc) is 2.09. The van der Waals surface area contributed by atoms with Crippen LogP contribution in [0, 0.1) is 0 Å². The zero-order valence-corrected chi connectivity index (χ0v) is 8.57. The quantitative estimate of drug-likeness (QED) is 0.513. The van der Waals surface area contributed by atoms with Crippen LogP contribution in [0.1, 0.15) is 19.8 Å². The van der Waals surface area contributed by atoms with E-state index in [1.807, 2.05) is 24.3 Å². The van der Waals surface area contributed by atoms with Crippen molar-refractivity contribution in [3.63, 3.8) is 0 Å². The summed E-state index contributed by atoms with van der Waals surface area (Å²) in [6.07, 6.45) is 2.31. The Hall–Kier alpha value is -0.550. The van der Waals surface area contributed by atoms with Crippen molar-refractivity contribution in [3.05, 3.63) is 24.3 Å². The van der Waals surface area contributed by atoms with Crippen LogP contribution in [0.2, 0.25) is 0 Å². The third-order valence-corrected chi connectivity index (χ3v) is 2.03. The first-order valence-electron chi connectivity index (χ1n) is 4.31. The molecule has 0 spiro atoms. The zero-order chi connectivity index (χ0) is 8.81. The molecular weight excluding hydrogens is 167 g/mol. The molecule has 1 nitrogen and oxygen atoms in total. The van der Waals surface area contributed by atoms with Gasteiger partial charge in [-0.3, -0.25) is 0 Å². The molecule has 1 atom stereocenters. The molecule has 0 saturated heterocycles. The van der Waals surface area contributed by atoms with E-state index in [-0.39, 0.29) is 0 Å². The van der Waals surface area contributed by atoms with Crippen molar-refractivity contribution in [1.82, 2.24) is 0 Å². The van der Waals surface area contributed by atoms with E-state index in [2.05, 4.69) is 16.2 Å². The average molecular weight is 182 g/mol. The van der Waals surface area contributed by atoms with Crippen molar-refractivity contribution in [2.75, 3.05) is 6.61 Å². The molecule has 66 valence electrons. The highest BCUT2D eigenvalue weighted by molar-refractivity contribution is 7.27. The molecule has 12 heavy (non-hydrogen) atoms. The van der Waals surface area contributed by atoms with Crippen LogP contribution in [0.15, 0.2) is 24.3 Å². The first kappa shape index (κ1) is 9.54. The largest absolute Gasteiger partial charge is 0.494 e. The second-order valence-electron chi connectivity index (χ2n) is 2.77. The summed E-state index contributed by atoms with van der Waals surface area (Å²) < 4.78 is 5.49. The highest BCUT2D eigenvalue weighted by atomic mass is 31.0. The Morgan fingerprint density at radius 3 is 2.50 bits per heavy atom. The fraction of sp³-hybridized carbons (Fsp3) is 0.400. The van der Waals surface area contributed by atoms with Gasteiger partial charge in [-0.15, -0.1) is 9.24 Å². The third kappa shape index (κ3) is 3.23. The van der Waals surface area contributed by atoms with Gasteiger partial charge >= 0.3 is 0 Å². The lowest BCUT2D eigenvalue weighted by Gasteiger charge is -2.04. The predicted octanol–water partition coefficient (Wildman–Crippen LogP) is 2.37. The zero-order valence-electron chi connectivity index (χ0n) is 7.42. The van der Waals surface area contributed by atoms with Gasteiger partial charge in [0.1, 0.15) is 5.75 Å². The monoisotopic (exact) mass is 182 g/mol. The maximum atomic E-state index is 5.49. The molecule has 0 heterocycles. The van der Waals surface area contributed by atoms with E-state index in [1.54, 1.807) is 0 Å². The first-order valence-corrected chi connectivity index (χ1v) is 4.89. The van der Waals surface area contributed by atoms with E-state index in [9.17, 15) is 0 Å². The van der Waals surface area contributed by atoms with E-state index in [4.69, 9.17) is 4.74 Å². The summed E-state index contributed by atoms with van der Waals surface area (Å²) in [5, 5.41) is 1.19. The van der Waals surface area contributed by atoms with Gasteiger partial charge in [0.2, 0.25) is 0 Å². The van der Waals surface area contributed by atoms with Crippen LogP contribution >= 0.6 is 9.24 Å². The maximum Gasteiger partial charge on any atom is 0.119 e. The Kier molecular flexibility index (Phi) is 4.10. The van der Waals surface area contributed by atoms with Crippen molar-refractivity contribution in [2.45, 2.75) is 19.8 Å². The van der Waals surface area contributed by atoms with Crippen LogP contribution in [-0.4, -0.2) is 6.61 Å². The van der Waals surface area contributed by atoms with Gasteiger partial charge in [-0.2, -0.15) is 0 Å². The molecule has 2 heteroatoms. The number of benzene rings is 1.